The molecule has 0 radical (unpaired) electrons. The van der Waals surface area contributed by atoms with Crippen LogP contribution in [-0.4, -0.2) is 187 Å². The van der Waals surface area contributed by atoms with Gasteiger partial charge in [-0.15, -0.1) is 0 Å². The number of aryl methyl sites for hydroxylation is 2. The number of aromatic nitrogens is 13. The van der Waals surface area contributed by atoms with Gasteiger partial charge in [-0.1, -0.05) is 11.6 Å². The van der Waals surface area contributed by atoms with Crippen LogP contribution in [0.25, 0.3) is 112 Å². The molecule has 0 aromatic carbocycles. The summed E-state index contributed by atoms with van der Waals surface area (Å²) in [6.07, 6.45) is 14.4. The van der Waals surface area contributed by atoms with Gasteiger partial charge in [0.15, 0.2) is 17.1 Å². The van der Waals surface area contributed by atoms with Crippen LogP contribution in [0.4, 0.5) is 27.7 Å². The average Bonchev–Trinajstić information content (AvgIpc) is 1.55. The zero-order chi connectivity index (χ0) is 82.2. The Labute approximate surface area is 680 Å². The van der Waals surface area contributed by atoms with E-state index in [1.807, 2.05) is 122 Å². The quantitative estimate of drug-likeness (QED) is 0.143. The summed E-state index contributed by atoms with van der Waals surface area (Å²) in [5.74, 6) is 3.37. The Morgan fingerprint density at radius 2 is 0.780 bits per heavy atom. The molecule has 16 aromatic rings. The van der Waals surface area contributed by atoms with Crippen LogP contribution >= 0.6 is 11.6 Å². The monoisotopic (exact) mass is 1610 g/mol. The molecular weight excluding hydrogens is 1520 g/mol. The molecule has 20 rings (SSSR count). The van der Waals surface area contributed by atoms with E-state index in [2.05, 4.69) is 154 Å². The third-order valence-corrected chi connectivity index (χ3v) is 22.6. The number of anilines is 4. The van der Waals surface area contributed by atoms with Crippen LogP contribution in [0.3, 0.4) is 0 Å². The Bertz CT molecular complexity index is 6370. The van der Waals surface area contributed by atoms with Crippen LogP contribution in [0.1, 0.15) is 66.6 Å². The Morgan fingerprint density at radius 3 is 1.24 bits per heavy atom. The van der Waals surface area contributed by atoms with E-state index in [0.29, 0.717) is 127 Å². The van der Waals surface area contributed by atoms with E-state index in [4.69, 9.17) is 29.3 Å². The third-order valence-electron chi connectivity index (χ3n) is 22.3. The molecule has 20 heterocycles. The highest BCUT2D eigenvalue weighted by Crippen LogP contribution is 2.32. The van der Waals surface area contributed by atoms with E-state index in [-0.39, 0.29) is 16.9 Å². The zero-order valence-corrected chi connectivity index (χ0v) is 68.1. The number of rotatable bonds is 8. The second-order valence-electron chi connectivity index (χ2n) is 31.8. The van der Waals surface area contributed by atoms with E-state index in [0.717, 1.165) is 109 Å². The minimum absolute atomic E-state index is 0.165. The van der Waals surface area contributed by atoms with Gasteiger partial charge in [-0.3, -0.25) is 14.2 Å². The molecule has 4 fully saturated rings. The molecule has 4 aliphatic rings. The summed E-state index contributed by atoms with van der Waals surface area (Å²) in [5, 5.41) is 10.5. The lowest BCUT2D eigenvalue weighted by Crippen LogP contribution is -2.55. The molecule has 29 nitrogen and oxygen atoms in total. The lowest BCUT2D eigenvalue weighted by Gasteiger charge is -2.43. The molecule has 16 aromatic heterocycles. The number of likely N-dealkylation sites (N-methyl/N-ethyl adjacent to an activating group) is 2. The Morgan fingerprint density at radius 1 is 0.390 bits per heavy atom. The van der Waals surface area contributed by atoms with Crippen molar-refractivity contribution in [2.75, 3.05) is 86.1 Å². The van der Waals surface area contributed by atoms with Crippen LogP contribution in [0, 0.1) is 19.7 Å². The van der Waals surface area contributed by atoms with Gasteiger partial charge in [-0.05, 0) is 204 Å². The van der Waals surface area contributed by atoms with Gasteiger partial charge >= 0.3 is 22.5 Å². The fraction of sp³-hybridized carbons (Fsp3) is 0.322. The van der Waals surface area contributed by atoms with Crippen molar-refractivity contribution in [3.05, 3.63) is 229 Å². The molecule has 0 aliphatic carbocycles. The topological polar surface area (TPSA) is 298 Å². The van der Waals surface area contributed by atoms with Gasteiger partial charge in [0.05, 0.1) is 50.1 Å². The number of fused-ring (bicyclic) bond motifs is 8. The van der Waals surface area contributed by atoms with Crippen molar-refractivity contribution in [3.63, 3.8) is 0 Å². The summed E-state index contributed by atoms with van der Waals surface area (Å²) in [5.41, 5.74) is 6.50. The van der Waals surface area contributed by atoms with Crippen LogP contribution in [0.2, 0.25) is 5.02 Å². The maximum Gasteiger partial charge on any atom is 0.347 e. The average molecular weight is 1610 g/mol. The summed E-state index contributed by atoms with van der Waals surface area (Å²) in [4.78, 5) is 105. The number of nitrogens with one attached hydrogen (secondary N) is 2. The molecule has 604 valence electrons. The van der Waals surface area contributed by atoms with Crippen molar-refractivity contribution in [1.29, 1.82) is 0 Å². The van der Waals surface area contributed by atoms with E-state index in [1.54, 1.807) is 68.3 Å². The van der Waals surface area contributed by atoms with Crippen molar-refractivity contribution in [3.8, 4) is 45.0 Å². The summed E-state index contributed by atoms with van der Waals surface area (Å²) < 4.78 is 43.3. The Kier molecular flexibility index (Phi) is 21.0. The predicted octanol–water partition coefficient (Wildman–Crippen LogP) is 12.2. The van der Waals surface area contributed by atoms with Gasteiger partial charge in [0, 0.05) is 178 Å². The van der Waals surface area contributed by atoms with Crippen LogP contribution in [0.15, 0.2) is 202 Å². The molecule has 0 unspecified atom stereocenters. The molecule has 4 saturated heterocycles. The first kappa shape index (κ1) is 77.9. The normalized spacial score (nSPS) is 20.1. The van der Waals surface area contributed by atoms with Gasteiger partial charge < -0.3 is 61.1 Å². The number of halogens is 2. The van der Waals surface area contributed by atoms with Gasteiger partial charge in [-0.25, -0.2) is 48.5 Å². The van der Waals surface area contributed by atoms with E-state index < -0.39 is 28.3 Å². The number of pyridine rings is 7. The molecule has 2 N–H and O–H groups in total. The highest BCUT2D eigenvalue weighted by Gasteiger charge is 2.32. The minimum Gasteiger partial charge on any atom is -0.403 e. The van der Waals surface area contributed by atoms with Crippen LogP contribution < -0.4 is 52.7 Å². The zero-order valence-electron chi connectivity index (χ0n) is 67.4. The first-order chi connectivity index (χ1) is 56.7. The fourth-order valence-corrected chi connectivity index (χ4v) is 16.3. The maximum atomic E-state index is 14.0. The third kappa shape index (κ3) is 15.9. The molecule has 0 spiro atoms. The molecular formula is C87H89ClFN21O8. The maximum absolute atomic E-state index is 14.0. The van der Waals surface area contributed by atoms with E-state index in [1.165, 1.54) is 6.07 Å². The van der Waals surface area contributed by atoms with Gasteiger partial charge in [0.25, 0.3) is 0 Å². The molecule has 0 saturated carbocycles. The first-order valence-corrected chi connectivity index (χ1v) is 39.9. The van der Waals surface area contributed by atoms with E-state index >= 15 is 0 Å². The molecule has 4 aliphatic heterocycles. The SMILES string of the molecule is C[C@@H]1CN(C)[C@@H](C)CN1c1ccc2cc(-c3cn4cccc(Cl)c4n3)c(=O)oc2n1.C[C@@H]1CN(C)[C@@H](C)CN1c1ccc2cc(-c3cn4cccc(F)c4n3)c(=O)oc2n1.Cc1ccn2cc(-c3cc4ccc(N5C[C@@H](C)N[C@@H](C)C5)nc4oc3=O)nc2c1.Cc1ccn2cc(-c3cc4ccc(N5C[C@@H](C)N[C@@H](C)C5)nc4oc3=O)nc2n1. The lowest BCUT2D eigenvalue weighted by atomic mass is 10.1. The second kappa shape index (κ2) is 31.8. The molecule has 0 bridgehead atoms. The molecule has 0 amide bonds. The van der Waals surface area contributed by atoms with Crippen molar-refractivity contribution in [2.45, 2.75) is 118 Å². The first-order valence-electron chi connectivity index (χ1n) is 39.5. The lowest BCUT2D eigenvalue weighted by molar-refractivity contribution is 0.205. The number of hydrogen-bond acceptors (Lipinski definition) is 25. The van der Waals surface area contributed by atoms with Crippen molar-refractivity contribution < 1.29 is 22.1 Å². The number of imidazole rings is 4. The summed E-state index contributed by atoms with van der Waals surface area (Å²) in [6.45, 7) is 28.4. The highest BCUT2D eigenvalue weighted by molar-refractivity contribution is 6.33. The standard InChI is InChI=1S/C22H22ClN5O2.C22H22FN5O2.C22H23N5O2.C21H22N6O2/c2*1-13-11-28(14(2)10-26(13)3)19-7-6-15-9-16(22(29)30-21(15)25-19)18-12-27-8-4-5-17(23)20(27)24-18;1-13-6-7-26-12-18(24-20(26)8-13)17-9-16-4-5-19(25-21(16)29-22(17)28)27-10-14(2)23-15(3)11-27;1-12-6-7-26-11-17(24-21(26)23-12)16-8-15-4-5-18(25-19(15)29-20(16)28)27-9-13(2)22-14(3)10-27/h2*4-9,12-14H,10-11H2,1-3H3;4-9,12,14-15,23H,10-11H2,1-3H3;4-8,11,13-14,22H,9-10H2,1-3H3/t2*13-,14+;14-,15+;13-,14+/m00../s1. The van der Waals surface area contributed by atoms with Crippen LogP contribution in [0.5, 0.6) is 0 Å². The summed E-state index contributed by atoms with van der Waals surface area (Å²) >= 11 is 6.21. The van der Waals surface area contributed by atoms with Crippen molar-refractivity contribution in [1.82, 2.24) is 82.9 Å². The number of hydrogen-bond donors (Lipinski definition) is 2. The number of piperazine rings is 4. The fourth-order valence-electron chi connectivity index (χ4n) is 16.1. The molecule has 31 heteroatoms. The number of nitrogens with zero attached hydrogens (tertiary/aromatic N) is 19. The second-order valence-corrected chi connectivity index (χ2v) is 32.2. The molecule has 8 atom stereocenters. The highest BCUT2D eigenvalue weighted by atomic mass is 35.5. The predicted molar refractivity (Wildman–Crippen MR) is 456 cm³/mol. The van der Waals surface area contributed by atoms with Crippen molar-refractivity contribution >= 4 is 102 Å². The smallest absolute Gasteiger partial charge is 0.347 e. The summed E-state index contributed by atoms with van der Waals surface area (Å²) in [7, 11) is 4.26. The molecule has 118 heavy (non-hydrogen) atoms. The van der Waals surface area contributed by atoms with Crippen molar-refractivity contribution in [2.24, 2.45) is 0 Å². The van der Waals surface area contributed by atoms with Gasteiger partial charge in [0.1, 0.15) is 28.9 Å². The van der Waals surface area contributed by atoms with E-state index in [9.17, 15) is 23.6 Å². The minimum atomic E-state index is -0.546. The summed E-state index contributed by atoms with van der Waals surface area (Å²) in [6, 6.07) is 38.1. The Balaban J connectivity index is 0.000000113. The van der Waals surface area contributed by atoms with Crippen LogP contribution in [-0.2, 0) is 0 Å². The van der Waals surface area contributed by atoms with Gasteiger partial charge in [0.2, 0.25) is 28.6 Å². The van der Waals surface area contributed by atoms with Gasteiger partial charge in [-0.2, -0.15) is 19.9 Å². The largest absolute Gasteiger partial charge is 0.403 e. The Hall–Kier alpha value is -12.6.